The summed E-state index contributed by atoms with van der Waals surface area (Å²) in [4.78, 5) is 12.6. The molecule has 15 heavy (non-hydrogen) atoms. The number of hydrogen-bond donors (Lipinski definition) is 1. The molecule has 0 aliphatic carbocycles. The number of nitrogens with zero attached hydrogens (tertiary/aromatic N) is 1. The lowest BCUT2D eigenvalue weighted by atomic mass is 10.1. The molecule has 1 fully saturated rings. The lowest BCUT2D eigenvalue weighted by Gasteiger charge is -2.31. The fourth-order valence-corrected chi connectivity index (χ4v) is 1.77. The van der Waals surface area contributed by atoms with Crippen molar-refractivity contribution < 1.29 is 19.4 Å². The molecule has 0 radical (unpaired) electrons. The molecule has 1 rings (SSSR count). The van der Waals surface area contributed by atoms with Crippen LogP contribution in [0.3, 0.4) is 0 Å². The van der Waals surface area contributed by atoms with Crippen molar-refractivity contribution in [3.05, 3.63) is 0 Å². The van der Waals surface area contributed by atoms with Crippen LogP contribution in [0, 0.1) is 0 Å². The number of carboxylic acids is 1. The van der Waals surface area contributed by atoms with E-state index < -0.39 is 5.97 Å². The molecule has 0 spiro atoms. The molecule has 1 heterocycles. The number of likely N-dealkylation sites (tertiary alicyclic amines) is 1. The van der Waals surface area contributed by atoms with E-state index in [1.807, 2.05) is 0 Å². The minimum absolute atomic E-state index is 0.187. The Labute approximate surface area is 90.0 Å². The molecule has 1 aliphatic heterocycles. The molecule has 5 nitrogen and oxygen atoms in total. The Morgan fingerprint density at radius 1 is 1.60 bits per heavy atom. The van der Waals surface area contributed by atoms with Crippen molar-refractivity contribution in [3.8, 4) is 0 Å². The average molecular weight is 217 g/mol. The number of carbonyl (C=O) groups is 1. The van der Waals surface area contributed by atoms with Crippen LogP contribution in [0.4, 0.5) is 0 Å². The zero-order valence-corrected chi connectivity index (χ0v) is 9.15. The van der Waals surface area contributed by atoms with Gasteiger partial charge in [-0.15, -0.1) is 0 Å². The molecule has 0 bridgehead atoms. The topological polar surface area (TPSA) is 59.0 Å². The first-order chi connectivity index (χ1) is 7.22. The summed E-state index contributed by atoms with van der Waals surface area (Å²) in [6, 6.07) is 0. The van der Waals surface area contributed by atoms with E-state index in [1.165, 1.54) is 0 Å². The first-order valence-electron chi connectivity index (χ1n) is 5.27. The second-order valence-corrected chi connectivity index (χ2v) is 3.78. The van der Waals surface area contributed by atoms with Gasteiger partial charge in [-0.2, -0.15) is 0 Å². The lowest BCUT2D eigenvalue weighted by Crippen LogP contribution is -2.40. The van der Waals surface area contributed by atoms with E-state index in [-0.39, 0.29) is 12.5 Å². The zero-order valence-electron chi connectivity index (χ0n) is 9.15. The molecule has 0 amide bonds. The van der Waals surface area contributed by atoms with E-state index in [2.05, 4.69) is 4.90 Å². The maximum Gasteiger partial charge on any atom is 0.304 e. The van der Waals surface area contributed by atoms with Gasteiger partial charge in [0.1, 0.15) is 6.79 Å². The van der Waals surface area contributed by atoms with Gasteiger partial charge < -0.3 is 19.5 Å². The number of carboxylic acid groups (broad SMARTS) is 1. The van der Waals surface area contributed by atoms with E-state index in [4.69, 9.17) is 14.6 Å². The lowest BCUT2D eigenvalue weighted by molar-refractivity contribution is -0.138. The van der Waals surface area contributed by atoms with Crippen LogP contribution < -0.4 is 0 Å². The van der Waals surface area contributed by atoms with Crippen molar-refractivity contribution in [3.63, 3.8) is 0 Å². The van der Waals surface area contributed by atoms with Crippen LogP contribution in [-0.2, 0) is 14.3 Å². The van der Waals surface area contributed by atoms with Gasteiger partial charge in [-0.25, -0.2) is 0 Å². The fourth-order valence-electron chi connectivity index (χ4n) is 1.77. The first kappa shape index (κ1) is 12.4. The molecule has 0 saturated carbocycles. The van der Waals surface area contributed by atoms with Gasteiger partial charge in [-0.05, 0) is 19.4 Å². The molecule has 5 heteroatoms. The first-order valence-corrected chi connectivity index (χ1v) is 5.27. The van der Waals surface area contributed by atoms with Crippen molar-refractivity contribution >= 4 is 5.97 Å². The van der Waals surface area contributed by atoms with Gasteiger partial charge in [0.2, 0.25) is 0 Å². The number of rotatable bonds is 6. The highest BCUT2D eigenvalue weighted by atomic mass is 16.7. The van der Waals surface area contributed by atoms with Crippen LogP contribution in [0.5, 0.6) is 0 Å². The molecular formula is C10H19NO4. The fraction of sp³-hybridized carbons (Fsp3) is 0.900. The Bertz CT molecular complexity index is 198. The Hall–Kier alpha value is -0.650. The van der Waals surface area contributed by atoms with E-state index in [0.29, 0.717) is 13.3 Å². The quantitative estimate of drug-likeness (QED) is 0.658. The summed E-state index contributed by atoms with van der Waals surface area (Å²) in [5, 5.41) is 8.57. The third-order valence-corrected chi connectivity index (χ3v) is 2.53. The molecule has 0 aromatic heterocycles. The highest BCUT2D eigenvalue weighted by Gasteiger charge is 2.20. The second-order valence-electron chi connectivity index (χ2n) is 3.78. The molecule has 0 aromatic rings. The molecule has 1 atom stereocenters. The standard InChI is InChI=1S/C10H19NO4/c1-14-8-15-9-3-2-5-11(7-9)6-4-10(12)13/h9H,2-8H2,1H3,(H,12,13). The van der Waals surface area contributed by atoms with Crippen LogP contribution in [0.15, 0.2) is 0 Å². The number of piperidine rings is 1. The van der Waals surface area contributed by atoms with Gasteiger partial charge in [0.25, 0.3) is 0 Å². The Morgan fingerprint density at radius 2 is 2.40 bits per heavy atom. The molecular weight excluding hydrogens is 198 g/mol. The second kappa shape index (κ2) is 6.76. The summed E-state index contributed by atoms with van der Waals surface area (Å²) >= 11 is 0. The highest BCUT2D eigenvalue weighted by molar-refractivity contribution is 5.66. The van der Waals surface area contributed by atoms with Crippen LogP contribution in [0.2, 0.25) is 0 Å². The van der Waals surface area contributed by atoms with Crippen molar-refractivity contribution in [1.82, 2.24) is 4.90 Å². The number of hydrogen-bond acceptors (Lipinski definition) is 4. The number of ether oxygens (including phenoxy) is 2. The molecule has 0 aromatic carbocycles. The van der Waals surface area contributed by atoms with Gasteiger partial charge >= 0.3 is 5.97 Å². The van der Waals surface area contributed by atoms with E-state index in [0.717, 1.165) is 25.9 Å². The normalized spacial score (nSPS) is 22.9. The van der Waals surface area contributed by atoms with E-state index >= 15 is 0 Å². The third-order valence-electron chi connectivity index (χ3n) is 2.53. The minimum atomic E-state index is -0.741. The van der Waals surface area contributed by atoms with Gasteiger partial charge in [0.05, 0.1) is 12.5 Å². The van der Waals surface area contributed by atoms with Gasteiger partial charge in [0, 0.05) is 20.2 Å². The average Bonchev–Trinajstić information content (AvgIpc) is 2.24. The van der Waals surface area contributed by atoms with Gasteiger partial charge in [0.15, 0.2) is 0 Å². The minimum Gasteiger partial charge on any atom is -0.481 e. The Morgan fingerprint density at radius 3 is 3.07 bits per heavy atom. The van der Waals surface area contributed by atoms with Crippen LogP contribution >= 0.6 is 0 Å². The van der Waals surface area contributed by atoms with Crippen molar-refractivity contribution in [1.29, 1.82) is 0 Å². The SMILES string of the molecule is COCOC1CCCN(CCC(=O)O)C1. The summed E-state index contributed by atoms with van der Waals surface area (Å²) in [5.74, 6) is -0.741. The van der Waals surface area contributed by atoms with Crippen molar-refractivity contribution in [2.45, 2.75) is 25.4 Å². The van der Waals surface area contributed by atoms with Crippen LogP contribution in [0.25, 0.3) is 0 Å². The van der Waals surface area contributed by atoms with E-state index in [1.54, 1.807) is 7.11 Å². The van der Waals surface area contributed by atoms with Gasteiger partial charge in [-0.3, -0.25) is 4.79 Å². The molecule has 1 N–H and O–H groups in total. The summed E-state index contributed by atoms with van der Waals surface area (Å²) in [6.45, 7) is 2.72. The monoisotopic (exact) mass is 217 g/mol. The molecule has 1 saturated heterocycles. The predicted octanol–water partition coefficient (Wildman–Crippen LogP) is 0.546. The Balaban J connectivity index is 2.19. The summed E-state index contributed by atoms with van der Waals surface area (Å²) < 4.78 is 10.3. The highest BCUT2D eigenvalue weighted by Crippen LogP contribution is 2.13. The van der Waals surface area contributed by atoms with Crippen molar-refractivity contribution in [2.24, 2.45) is 0 Å². The maximum absolute atomic E-state index is 10.4. The van der Waals surface area contributed by atoms with Crippen LogP contribution in [0.1, 0.15) is 19.3 Å². The van der Waals surface area contributed by atoms with Gasteiger partial charge in [-0.1, -0.05) is 0 Å². The molecule has 1 aliphatic rings. The summed E-state index contributed by atoms with van der Waals surface area (Å²) in [6.07, 6.45) is 2.49. The summed E-state index contributed by atoms with van der Waals surface area (Å²) in [5.41, 5.74) is 0. The smallest absolute Gasteiger partial charge is 0.304 e. The number of methoxy groups -OCH3 is 1. The predicted molar refractivity (Wildman–Crippen MR) is 54.7 cm³/mol. The largest absolute Gasteiger partial charge is 0.481 e. The molecule has 88 valence electrons. The number of aliphatic carboxylic acids is 1. The maximum atomic E-state index is 10.4. The Kier molecular flexibility index (Phi) is 5.60. The zero-order chi connectivity index (χ0) is 11.1. The third kappa shape index (κ3) is 5.11. The summed E-state index contributed by atoms with van der Waals surface area (Å²) in [7, 11) is 1.60. The van der Waals surface area contributed by atoms with E-state index in [9.17, 15) is 4.79 Å². The van der Waals surface area contributed by atoms with Crippen LogP contribution in [-0.4, -0.2) is 55.6 Å². The van der Waals surface area contributed by atoms with Crippen molar-refractivity contribution in [2.75, 3.05) is 33.5 Å². The molecule has 1 unspecified atom stereocenters.